The van der Waals surface area contributed by atoms with E-state index in [9.17, 15) is 4.79 Å². The van der Waals surface area contributed by atoms with Crippen LogP contribution in [0, 0.1) is 5.92 Å². The maximum absolute atomic E-state index is 12.4. The van der Waals surface area contributed by atoms with Gasteiger partial charge in [-0.25, -0.2) is 9.97 Å². The van der Waals surface area contributed by atoms with Crippen LogP contribution in [0.25, 0.3) is 0 Å². The van der Waals surface area contributed by atoms with Crippen LogP contribution < -0.4 is 10.2 Å². The molecule has 0 bridgehead atoms. The van der Waals surface area contributed by atoms with Gasteiger partial charge >= 0.3 is 0 Å². The number of imidazole rings is 1. The van der Waals surface area contributed by atoms with Crippen LogP contribution in [-0.4, -0.2) is 39.6 Å². The van der Waals surface area contributed by atoms with Crippen LogP contribution in [-0.2, 0) is 6.54 Å². The molecule has 2 aromatic heterocycles. The van der Waals surface area contributed by atoms with Crippen LogP contribution in [0.1, 0.15) is 67.0 Å². The Kier molecular flexibility index (Phi) is 4.79. The minimum atomic E-state index is 0.0238. The second kappa shape index (κ2) is 7.57. The molecule has 5 rings (SSSR count). The molecule has 1 N–H and O–H groups in total. The Morgan fingerprint density at radius 1 is 1.11 bits per heavy atom. The van der Waals surface area contributed by atoms with Crippen molar-refractivity contribution >= 4 is 11.7 Å². The predicted octanol–water partition coefficient (Wildman–Crippen LogP) is 3.35. The zero-order chi connectivity index (χ0) is 18.9. The minimum absolute atomic E-state index is 0.0238. The van der Waals surface area contributed by atoms with Crippen molar-refractivity contribution in [2.75, 3.05) is 18.0 Å². The molecule has 0 radical (unpaired) electrons. The molecule has 0 aromatic carbocycles. The molecule has 2 saturated carbocycles. The molecule has 3 heterocycles. The van der Waals surface area contributed by atoms with Crippen molar-refractivity contribution in [1.29, 1.82) is 0 Å². The van der Waals surface area contributed by atoms with Crippen LogP contribution in [0.4, 0.5) is 5.82 Å². The molecule has 1 aliphatic heterocycles. The third-order valence-corrected chi connectivity index (χ3v) is 6.46. The summed E-state index contributed by atoms with van der Waals surface area (Å²) >= 11 is 0. The number of amides is 1. The lowest BCUT2D eigenvalue weighted by atomic mass is 9.85. The number of nitrogens with one attached hydrogen (secondary N) is 1. The molecule has 1 amide bonds. The quantitative estimate of drug-likeness (QED) is 0.836. The zero-order valence-electron chi connectivity index (χ0n) is 16.4. The van der Waals surface area contributed by atoms with E-state index in [-0.39, 0.29) is 5.91 Å². The normalized spacial score (nSPS) is 22.7. The number of carbonyl (C=O) groups is 1. The van der Waals surface area contributed by atoms with Crippen LogP contribution in [0.15, 0.2) is 30.7 Å². The first-order chi connectivity index (χ1) is 13.8. The maximum Gasteiger partial charge on any atom is 0.251 e. The highest BCUT2D eigenvalue weighted by atomic mass is 16.1. The third-order valence-electron chi connectivity index (χ3n) is 6.46. The van der Waals surface area contributed by atoms with Crippen LogP contribution >= 0.6 is 0 Å². The minimum Gasteiger partial charge on any atom is -0.356 e. The molecule has 148 valence electrons. The topological polar surface area (TPSA) is 63.1 Å². The molecule has 1 atom stereocenters. The number of nitrogens with zero attached hydrogens (tertiary/aromatic N) is 4. The van der Waals surface area contributed by atoms with E-state index in [1.807, 2.05) is 18.3 Å². The standard InChI is InChI=1S/C22H29N5O/c28-22(25-19-6-7-19)17-8-9-23-20(13-17)26-11-2-5-18(15-26)21-24-10-12-27(21)14-16-3-1-4-16/h8-10,12-13,16,18-19H,1-7,11,14-15H2,(H,25,28)/t18-/m0/s1. The average Bonchev–Trinajstić information content (AvgIpc) is 3.38. The number of hydrogen-bond donors (Lipinski definition) is 1. The predicted molar refractivity (Wildman–Crippen MR) is 108 cm³/mol. The number of hydrogen-bond acceptors (Lipinski definition) is 4. The Balaban J connectivity index is 1.29. The number of rotatable bonds is 6. The Morgan fingerprint density at radius 3 is 2.79 bits per heavy atom. The molecule has 1 saturated heterocycles. The fourth-order valence-corrected chi connectivity index (χ4v) is 4.41. The van der Waals surface area contributed by atoms with Crippen molar-refractivity contribution in [2.24, 2.45) is 5.92 Å². The van der Waals surface area contributed by atoms with E-state index in [1.165, 1.54) is 31.5 Å². The zero-order valence-corrected chi connectivity index (χ0v) is 16.4. The molecule has 3 fully saturated rings. The number of pyridine rings is 1. The summed E-state index contributed by atoms with van der Waals surface area (Å²) in [5.41, 5.74) is 0.713. The number of carbonyl (C=O) groups excluding carboxylic acids is 1. The molecule has 3 aliphatic rings. The Bertz CT molecular complexity index is 839. The number of anilines is 1. The Morgan fingerprint density at radius 2 is 2.00 bits per heavy atom. The monoisotopic (exact) mass is 379 g/mol. The number of piperidine rings is 1. The van der Waals surface area contributed by atoms with E-state index in [1.54, 1.807) is 6.20 Å². The largest absolute Gasteiger partial charge is 0.356 e. The molecule has 28 heavy (non-hydrogen) atoms. The molecular weight excluding hydrogens is 350 g/mol. The van der Waals surface area contributed by atoms with E-state index >= 15 is 0 Å². The summed E-state index contributed by atoms with van der Waals surface area (Å²) in [4.78, 5) is 24.0. The van der Waals surface area contributed by atoms with Crippen molar-refractivity contribution in [2.45, 2.75) is 63.5 Å². The van der Waals surface area contributed by atoms with Gasteiger partial charge in [-0.3, -0.25) is 4.79 Å². The van der Waals surface area contributed by atoms with Gasteiger partial charge in [-0.05, 0) is 56.6 Å². The van der Waals surface area contributed by atoms with E-state index in [2.05, 4.69) is 26.0 Å². The second-order valence-corrected chi connectivity index (χ2v) is 8.67. The van der Waals surface area contributed by atoms with Crippen molar-refractivity contribution in [1.82, 2.24) is 19.9 Å². The summed E-state index contributed by atoms with van der Waals surface area (Å²) < 4.78 is 2.38. The van der Waals surface area contributed by atoms with Crippen molar-refractivity contribution in [3.63, 3.8) is 0 Å². The van der Waals surface area contributed by atoms with Gasteiger partial charge in [0.15, 0.2) is 0 Å². The van der Waals surface area contributed by atoms with Crippen LogP contribution in [0.3, 0.4) is 0 Å². The molecule has 2 aliphatic carbocycles. The molecule has 6 nitrogen and oxygen atoms in total. The molecule has 0 unspecified atom stereocenters. The second-order valence-electron chi connectivity index (χ2n) is 8.67. The van der Waals surface area contributed by atoms with E-state index < -0.39 is 0 Å². The van der Waals surface area contributed by atoms with Gasteiger partial charge in [0, 0.05) is 55.7 Å². The number of aromatic nitrogens is 3. The first kappa shape index (κ1) is 17.7. The van der Waals surface area contributed by atoms with Crippen LogP contribution in [0.2, 0.25) is 0 Å². The van der Waals surface area contributed by atoms with Crippen molar-refractivity contribution in [3.05, 3.63) is 42.1 Å². The Hall–Kier alpha value is -2.37. The summed E-state index contributed by atoms with van der Waals surface area (Å²) in [6.45, 7) is 3.02. The van der Waals surface area contributed by atoms with Crippen LogP contribution in [0.5, 0.6) is 0 Å². The highest BCUT2D eigenvalue weighted by molar-refractivity contribution is 5.95. The average molecular weight is 380 g/mol. The SMILES string of the molecule is O=C(NC1CC1)c1ccnc(N2CCC[C@H](c3nccn3CC3CCC3)C2)c1. The van der Waals surface area contributed by atoms with Gasteiger partial charge in [-0.1, -0.05) is 6.42 Å². The van der Waals surface area contributed by atoms with E-state index in [4.69, 9.17) is 4.98 Å². The lowest BCUT2D eigenvalue weighted by molar-refractivity contribution is 0.0951. The molecule has 6 heteroatoms. The smallest absolute Gasteiger partial charge is 0.251 e. The van der Waals surface area contributed by atoms with Gasteiger partial charge in [-0.15, -0.1) is 0 Å². The van der Waals surface area contributed by atoms with Gasteiger partial charge in [0.1, 0.15) is 11.6 Å². The van der Waals surface area contributed by atoms with Gasteiger partial charge in [0.2, 0.25) is 0 Å². The first-order valence-corrected chi connectivity index (χ1v) is 10.8. The molecular formula is C22H29N5O. The fourth-order valence-electron chi connectivity index (χ4n) is 4.41. The third kappa shape index (κ3) is 3.77. The molecule has 0 spiro atoms. The van der Waals surface area contributed by atoms with Crippen molar-refractivity contribution in [3.8, 4) is 0 Å². The van der Waals surface area contributed by atoms with Crippen molar-refractivity contribution < 1.29 is 4.79 Å². The van der Waals surface area contributed by atoms with Gasteiger partial charge in [0.25, 0.3) is 5.91 Å². The molecule has 2 aromatic rings. The lowest BCUT2D eigenvalue weighted by Gasteiger charge is -2.34. The summed E-state index contributed by atoms with van der Waals surface area (Å²) in [6.07, 6.45) is 14.4. The highest BCUT2D eigenvalue weighted by Gasteiger charge is 2.28. The first-order valence-electron chi connectivity index (χ1n) is 10.8. The van der Waals surface area contributed by atoms with Gasteiger partial charge in [0.05, 0.1) is 0 Å². The van der Waals surface area contributed by atoms with Gasteiger partial charge in [-0.2, -0.15) is 0 Å². The summed E-state index contributed by atoms with van der Waals surface area (Å²) in [7, 11) is 0. The summed E-state index contributed by atoms with van der Waals surface area (Å²) in [5.74, 6) is 3.41. The van der Waals surface area contributed by atoms with E-state index in [0.717, 1.165) is 50.6 Å². The fraction of sp³-hybridized carbons (Fsp3) is 0.591. The summed E-state index contributed by atoms with van der Waals surface area (Å²) in [6, 6.07) is 4.13. The van der Waals surface area contributed by atoms with E-state index in [0.29, 0.717) is 17.5 Å². The van der Waals surface area contributed by atoms with Gasteiger partial charge < -0.3 is 14.8 Å². The lowest BCUT2D eigenvalue weighted by Crippen LogP contribution is -2.36. The highest BCUT2D eigenvalue weighted by Crippen LogP contribution is 2.32. The Labute approximate surface area is 166 Å². The maximum atomic E-state index is 12.4. The summed E-state index contributed by atoms with van der Waals surface area (Å²) in [5, 5.41) is 3.07.